The number of rotatable bonds is 5. The van der Waals surface area contributed by atoms with E-state index in [1.165, 1.54) is 16.8 Å². The predicted molar refractivity (Wildman–Crippen MR) is 111 cm³/mol. The van der Waals surface area contributed by atoms with Gasteiger partial charge in [0.15, 0.2) is 6.10 Å². The van der Waals surface area contributed by atoms with Crippen LogP contribution in [0, 0.1) is 5.92 Å². The molecule has 2 aromatic rings. The van der Waals surface area contributed by atoms with Crippen molar-refractivity contribution in [1.29, 1.82) is 0 Å². The summed E-state index contributed by atoms with van der Waals surface area (Å²) in [7, 11) is 1.57. The summed E-state index contributed by atoms with van der Waals surface area (Å²) in [5, 5.41) is 2.61. The number of nitrogens with zero attached hydrogens (tertiary/aromatic N) is 2. The van der Waals surface area contributed by atoms with E-state index in [4.69, 9.17) is 4.74 Å². The van der Waals surface area contributed by atoms with Crippen molar-refractivity contribution >= 4 is 17.5 Å². The van der Waals surface area contributed by atoms with E-state index in [1.807, 2.05) is 18.2 Å². The molecule has 0 aliphatic carbocycles. The number of benzene rings is 1. The van der Waals surface area contributed by atoms with Crippen LogP contribution >= 0.6 is 0 Å². The number of pyridine rings is 1. The molecule has 1 atom stereocenters. The fourth-order valence-electron chi connectivity index (χ4n) is 3.30. The zero-order valence-corrected chi connectivity index (χ0v) is 17.1. The number of likely N-dealkylation sites (tertiary alicyclic amines) is 1. The van der Waals surface area contributed by atoms with Gasteiger partial charge in [-0.25, -0.2) is 0 Å². The van der Waals surface area contributed by atoms with Crippen LogP contribution < -0.4 is 15.6 Å². The highest BCUT2D eigenvalue weighted by Gasteiger charge is 2.23. The highest BCUT2D eigenvalue weighted by Crippen LogP contribution is 2.19. The first-order valence-electron chi connectivity index (χ1n) is 9.87. The summed E-state index contributed by atoms with van der Waals surface area (Å²) < 4.78 is 6.92. The zero-order valence-electron chi connectivity index (χ0n) is 17.1. The van der Waals surface area contributed by atoms with Gasteiger partial charge in [0.1, 0.15) is 11.4 Å². The van der Waals surface area contributed by atoms with Crippen LogP contribution in [0.1, 0.15) is 37.0 Å². The van der Waals surface area contributed by atoms with Gasteiger partial charge in [-0.05, 0) is 43.9 Å². The number of amides is 2. The van der Waals surface area contributed by atoms with Gasteiger partial charge in [0.25, 0.3) is 17.4 Å². The fraction of sp³-hybridized carbons (Fsp3) is 0.409. The molecule has 3 rings (SSSR count). The minimum absolute atomic E-state index is 0.0669. The topological polar surface area (TPSA) is 80.6 Å². The van der Waals surface area contributed by atoms with Crippen molar-refractivity contribution in [3.8, 4) is 5.75 Å². The maximum absolute atomic E-state index is 12.9. The number of piperidine rings is 1. The van der Waals surface area contributed by atoms with Crippen LogP contribution in [0.15, 0.2) is 47.4 Å². The Labute approximate surface area is 170 Å². The molecule has 1 aliphatic rings. The van der Waals surface area contributed by atoms with Crippen LogP contribution in [-0.2, 0) is 11.8 Å². The molecule has 2 heterocycles. The van der Waals surface area contributed by atoms with Crippen LogP contribution in [0.25, 0.3) is 0 Å². The van der Waals surface area contributed by atoms with Gasteiger partial charge in [0, 0.05) is 26.3 Å². The number of carbonyl (C=O) groups excluding carboxylic acids is 2. The number of para-hydroxylation sites is 1. The third kappa shape index (κ3) is 5.04. The average molecular weight is 397 g/mol. The van der Waals surface area contributed by atoms with Crippen molar-refractivity contribution < 1.29 is 14.3 Å². The molecule has 154 valence electrons. The molecule has 1 unspecified atom stereocenters. The van der Waals surface area contributed by atoms with Gasteiger partial charge in [0.05, 0.1) is 5.56 Å². The van der Waals surface area contributed by atoms with E-state index in [-0.39, 0.29) is 17.2 Å². The molecule has 0 bridgehead atoms. The van der Waals surface area contributed by atoms with E-state index >= 15 is 0 Å². The van der Waals surface area contributed by atoms with Crippen LogP contribution in [0.4, 0.5) is 5.69 Å². The van der Waals surface area contributed by atoms with Crippen LogP contribution in [0.5, 0.6) is 5.75 Å². The largest absolute Gasteiger partial charge is 0.481 e. The molecule has 1 aromatic heterocycles. The molecule has 29 heavy (non-hydrogen) atoms. The Morgan fingerprint density at radius 3 is 2.48 bits per heavy atom. The second-order valence-corrected chi connectivity index (χ2v) is 7.60. The summed E-state index contributed by atoms with van der Waals surface area (Å²) in [5.41, 5.74) is 0.0694. The molecule has 7 heteroatoms. The molecular weight excluding hydrogens is 370 g/mol. The lowest BCUT2D eigenvalue weighted by Crippen LogP contribution is -2.39. The molecule has 0 saturated carbocycles. The maximum atomic E-state index is 12.9. The Hall–Kier alpha value is -3.09. The summed E-state index contributed by atoms with van der Waals surface area (Å²) in [6.45, 7) is 5.19. The predicted octanol–water partition coefficient (Wildman–Crippen LogP) is 2.66. The maximum Gasteiger partial charge on any atom is 0.274 e. The van der Waals surface area contributed by atoms with Gasteiger partial charge in [0.2, 0.25) is 0 Å². The van der Waals surface area contributed by atoms with E-state index in [1.54, 1.807) is 31.0 Å². The third-order valence-electron chi connectivity index (χ3n) is 5.18. The summed E-state index contributed by atoms with van der Waals surface area (Å²) in [5.74, 6) is 0.588. The first kappa shape index (κ1) is 20.6. The number of aryl methyl sites for hydroxylation is 1. The number of carbonyl (C=O) groups is 2. The lowest BCUT2D eigenvalue weighted by atomic mass is 9.99. The monoisotopic (exact) mass is 397 g/mol. The van der Waals surface area contributed by atoms with Crippen molar-refractivity contribution in [3.63, 3.8) is 0 Å². The molecular formula is C22H27N3O4. The van der Waals surface area contributed by atoms with E-state index < -0.39 is 12.0 Å². The summed E-state index contributed by atoms with van der Waals surface area (Å²) in [6, 6.07) is 10.4. The highest BCUT2D eigenvalue weighted by molar-refractivity contribution is 5.98. The van der Waals surface area contributed by atoms with Crippen molar-refractivity contribution in [2.24, 2.45) is 13.0 Å². The lowest BCUT2D eigenvalue weighted by Gasteiger charge is -2.30. The Balaban J connectivity index is 1.74. The Bertz CT molecular complexity index is 931. The number of hydrogen-bond donors (Lipinski definition) is 1. The highest BCUT2D eigenvalue weighted by atomic mass is 16.5. The Kier molecular flexibility index (Phi) is 6.36. The van der Waals surface area contributed by atoms with E-state index in [2.05, 4.69) is 12.2 Å². The molecule has 1 aromatic carbocycles. The molecule has 0 radical (unpaired) electrons. The second kappa shape index (κ2) is 8.94. The van der Waals surface area contributed by atoms with E-state index in [0.717, 1.165) is 12.8 Å². The Morgan fingerprint density at radius 1 is 1.17 bits per heavy atom. The molecule has 1 fully saturated rings. The minimum Gasteiger partial charge on any atom is -0.481 e. The van der Waals surface area contributed by atoms with Crippen molar-refractivity contribution in [1.82, 2.24) is 9.47 Å². The molecule has 0 spiro atoms. The standard InChI is InChI=1S/C22H27N3O4/c1-15-9-11-25(12-10-15)21(27)17-13-19(22(28)24(3)14-17)23-20(26)16(2)29-18-7-5-4-6-8-18/h4-8,13-16H,9-12H2,1-3H3,(H,23,26). The van der Waals surface area contributed by atoms with E-state index in [0.29, 0.717) is 30.3 Å². The summed E-state index contributed by atoms with van der Waals surface area (Å²) in [4.78, 5) is 39.6. The van der Waals surface area contributed by atoms with Crippen LogP contribution in [0.3, 0.4) is 0 Å². The van der Waals surface area contributed by atoms with Gasteiger partial charge in [-0.2, -0.15) is 0 Å². The van der Waals surface area contributed by atoms with Crippen LogP contribution in [-0.4, -0.2) is 40.5 Å². The summed E-state index contributed by atoms with van der Waals surface area (Å²) in [6.07, 6.45) is 2.65. The third-order valence-corrected chi connectivity index (χ3v) is 5.18. The number of anilines is 1. The van der Waals surface area contributed by atoms with Crippen molar-refractivity contribution in [2.75, 3.05) is 18.4 Å². The number of hydrogen-bond acceptors (Lipinski definition) is 4. The van der Waals surface area contributed by atoms with Gasteiger partial charge >= 0.3 is 0 Å². The molecule has 1 aliphatic heterocycles. The molecule has 1 saturated heterocycles. The normalized spacial score (nSPS) is 15.6. The van der Waals surface area contributed by atoms with Crippen molar-refractivity contribution in [2.45, 2.75) is 32.8 Å². The smallest absolute Gasteiger partial charge is 0.274 e. The molecule has 7 nitrogen and oxygen atoms in total. The molecule has 1 N–H and O–H groups in total. The van der Waals surface area contributed by atoms with Gasteiger partial charge in [-0.3, -0.25) is 14.4 Å². The van der Waals surface area contributed by atoms with Crippen molar-refractivity contribution in [3.05, 3.63) is 58.5 Å². The summed E-state index contributed by atoms with van der Waals surface area (Å²) >= 11 is 0. The first-order chi connectivity index (χ1) is 13.8. The zero-order chi connectivity index (χ0) is 21.0. The SMILES string of the molecule is CC1CCN(C(=O)c2cc(NC(=O)C(C)Oc3ccccc3)c(=O)n(C)c2)CC1. The number of ether oxygens (including phenoxy) is 1. The number of aromatic nitrogens is 1. The molecule has 2 amide bonds. The van der Waals surface area contributed by atoms with E-state index in [9.17, 15) is 14.4 Å². The minimum atomic E-state index is -0.801. The van der Waals surface area contributed by atoms with Gasteiger partial charge in [-0.15, -0.1) is 0 Å². The van der Waals surface area contributed by atoms with Gasteiger partial charge in [-0.1, -0.05) is 25.1 Å². The lowest BCUT2D eigenvalue weighted by molar-refractivity contribution is -0.122. The Morgan fingerprint density at radius 2 is 1.83 bits per heavy atom. The van der Waals surface area contributed by atoms with Gasteiger partial charge < -0.3 is 19.5 Å². The second-order valence-electron chi connectivity index (χ2n) is 7.60. The average Bonchev–Trinajstić information content (AvgIpc) is 2.72. The van der Waals surface area contributed by atoms with Crippen LogP contribution in [0.2, 0.25) is 0 Å². The quantitative estimate of drug-likeness (QED) is 0.841. The first-order valence-corrected chi connectivity index (χ1v) is 9.87. The fourth-order valence-corrected chi connectivity index (χ4v) is 3.30. The number of nitrogens with one attached hydrogen (secondary N) is 1.